The highest BCUT2D eigenvalue weighted by Crippen LogP contribution is 2.26. The van der Waals surface area contributed by atoms with Gasteiger partial charge in [0.2, 0.25) is 10.0 Å². The molecule has 0 radical (unpaired) electrons. The summed E-state index contributed by atoms with van der Waals surface area (Å²) in [5.74, 6) is 1.72. The first-order chi connectivity index (χ1) is 9.50. The lowest BCUT2D eigenvalue weighted by Gasteiger charge is -2.32. The molecule has 1 saturated heterocycles. The van der Waals surface area contributed by atoms with Gasteiger partial charge in [0.15, 0.2) is 0 Å². The van der Waals surface area contributed by atoms with E-state index < -0.39 is 10.0 Å². The van der Waals surface area contributed by atoms with Crippen molar-refractivity contribution < 1.29 is 8.42 Å². The van der Waals surface area contributed by atoms with Gasteiger partial charge in [-0.25, -0.2) is 8.42 Å². The normalized spacial score (nSPS) is 21.1. The summed E-state index contributed by atoms with van der Waals surface area (Å²) in [7, 11) is -3.40. The van der Waals surface area contributed by atoms with Gasteiger partial charge in [0.1, 0.15) is 0 Å². The van der Waals surface area contributed by atoms with Crippen molar-refractivity contribution in [2.75, 3.05) is 18.1 Å². The van der Waals surface area contributed by atoms with Crippen LogP contribution in [0.1, 0.15) is 25.0 Å². The summed E-state index contributed by atoms with van der Waals surface area (Å²) in [5.41, 5.74) is 7.78. The van der Waals surface area contributed by atoms with E-state index in [-0.39, 0.29) is 6.04 Å². The monoisotopic (exact) mass is 314 g/mol. The number of rotatable bonds is 4. The highest BCUT2D eigenvalue weighted by molar-refractivity contribution is 7.99. The van der Waals surface area contributed by atoms with Crippen LogP contribution in [0.2, 0.25) is 0 Å². The molecule has 2 N–H and O–H groups in total. The van der Waals surface area contributed by atoms with Crippen molar-refractivity contribution in [3.8, 4) is 0 Å². The second-order valence-electron chi connectivity index (χ2n) is 5.03. The summed E-state index contributed by atoms with van der Waals surface area (Å²) in [5, 5.41) is 0. The molecule has 0 aliphatic carbocycles. The molecule has 1 heterocycles. The van der Waals surface area contributed by atoms with Crippen LogP contribution in [-0.4, -0.2) is 36.8 Å². The lowest BCUT2D eigenvalue weighted by molar-refractivity contribution is 0.367. The fourth-order valence-electron chi connectivity index (χ4n) is 2.50. The van der Waals surface area contributed by atoms with Crippen LogP contribution in [0.25, 0.3) is 0 Å². The third-order valence-corrected chi connectivity index (χ3v) is 6.89. The van der Waals surface area contributed by atoms with E-state index >= 15 is 0 Å². The molecule has 0 saturated carbocycles. The molecule has 2 rings (SSSR count). The molecule has 20 heavy (non-hydrogen) atoms. The number of nitrogens with zero attached hydrogens (tertiary/aromatic N) is 1. The van der Waals surface area contributed by atoms with Crippen molar-refractivity contribution >= 4 is 21.8 Å². The Morgan fingerprint density at radius 1 is 1.40 bits per heavy atom. The van der Waals surface area contributed by atoms with Crippen LogP contribution >= 0.6 is 11.8 Å². The smallest absolute Gasteiger partial charge is 0.243 e. The Hall–Kier alpha value is -0.560. The number of nitrogens with two attached hydrogens (primary N) is 1. The van der Waals surface area contributed by atoms with Crippen LogP contribution in [0.5, 0.6) is 0 Å². The average molecular weight is 314 g/mol. The van der Waals surface area contributed by atoms with E-state index in [1.165, 1.54) is 0 Å². The summed E-state index contributed by atoms with van der Waals surface area (Å²) >= 11 is 1.81. The van der Waals surface area contributed by atoms with Crippen molar-refractivity contribution in [3.05, 3.63) is 29.3 Å². The van der Waals surface area contributed by atoms with Crippen LogP contribution in [0.4, 0.5) is 0 Å². The van der Waals surface area contributed by atoms with Crippen LogP contribution in [0, 0.1) is 0 Å². The topological polar surface area (TPSA) is 63.4 Å². The molecule has 0 amide bonds. The van der Waals surface area contributed by atoms with E-state index in [1.54, 1.807) is 28.2 Å². The summed E-state index contributed by atoms with van der Waals surface area (Å²) in [6, 6.07) is 5.38. The van der Waals surface area contributed by atoms with Gasteiger partial charge in [-0.1, -0.05) is 13.0 Å². The molecule has 0 spiro atoms. The van der Waals surface area contributed by atoms with Crippen LogP contribution < -0.4 is 5.73 Å². The van der Waals surface area contributed by atoms with Gasteiger partial charge in [0, 0.05) is 30.6 Å². The van der Waals surface area contributed by atoms with E-state index in [4.69, 9.17) is 5.73 Å². The first-order valence-corrected chi connectivity index (χ1v) is 9.51. The number of sulfonamides is 1. The van der Waals surface area contributed by atoms with Crippen LogP contribution in [0.15, 0.2) is 23.1 Å². The van der Waals surface area contributed by atoms with E-state index in [9.17, 15) is 8.42 Å². The SMILES string of the molecule is CCc1ccc(S(=O)(=O)N2CCSCC2C)cc1CN. The van der Waals surface area contributed by atoms with Gasteiger partial charge in [0.25, 0.3) is 0 Å². The predicted molar refractivity (Wildman–Crippen MR) is 84.4 cm³/mol. The first kappa shape index (κ1) is 15.8. The average Bonchev–Trinajstić information content (AvgIpc) is 2.46. The standard InChI is InChI=1S/C14H22N2O2S2/c1-3-12-4-5-14(8-13(12)9-15)20(17,18)16-6-7-19-10-11(16)2/h4-5,8,11H,3,6-7,9-10,15H2,1-2H3. The predicted octanol–water partition coefficient (Wildman–Crippen LogP) is 1.83. The van der Waals surface area contributed by atoms with Crippen molar-refractivity contribution in [2.24, 2.45) is 5.73 Å². The van der Waals surface area contributed by atoms with E-state index in [0.717, 1.165) is 29.1 Å². The van der Waals surface area contributed by atoms with Gasteiger partial charge in [-0.3, -0.25) is 0 Å². The number of benzene rings is 1. The Morgan fingerprint density at radius 2 is 2.15 bits per heavy atom. The van der Waals surface area contributed by atoms with Gasteiger partial charge in [-0.2, -0.15) is 16.1 Å². The Labute approximate surface area is 125 Å². The van der Waals surface area contributed by atoms with Gasteiger partial charge in [0.05, 0.1) is 4.90 Å². The molecule has 1 atom stereocenters. The van der Waals surface area contributed by atoms with Crippen molar-refractivity contribution in [3.63, 3.8) is 0 Å². The minimum absolute atomic E-state index is 0.0472. The Bertz CT molecular complexity index is 573. The van der Waals surface area contributed by atoms with E-state index in [0.29, 0.717) is 18.0 Å². The molecule has 1 aliphatic rings. The number of hydrogen-bond donors (Lipinski definition) is 1. The molecule has 1 aromatic carbocycles. The molecule has 0 bridgehead atoms. The molecule has 1 unspecified atom stereocenters. The second-order valence-corrected chi connectivity index (χ2v) is 8.07. The second kappa shape index (κ2) is 6.47. The third kappa shape index (κ3) is 3.03. The Morgan fingerprint density at radius 3 is 2.75 bits per heavy atom. The summed E-state index contributed by atoms with van der Waals surface area (Å²) in [6.07, 6.45) is 0.865. The fraction of sp³-hybridized carbons (Fsp3) is 0.571. The molecule has 6 heteroatoms. The minimum Gasteiger partial charge on any atom is -0.326 e. The number of thioether (sulfide) groups is 1. The lowest BCUT2D eigenvalue weighted by Crippen LogP contribution is -2.44. The summed E-state index contributed by atoms with van der Waals surface area (Å²) < 4.78 is 27.1. The van der Waals surface area contributed by atoms with E-state index in [1.807, 2.05) is 19.9 Å². The summed E-state index contributed by atoms with van der Waals surface area (Å²) in [4.78, 5) is 0.369. The van der Waals surface area contributed by atoms with Crippen molar-refractivity contribution in [2.45, 2.75) is 37.8 Å². The van der Waals surface area contributed by atoms with Gasteiger partial charge >= 0.3 is 0 Å². The zero-order valence-corrected chi connectivity index (χ0v) is 13.6. The van der Waals surface area contributed by atoms with Gasteiger partial charge < -0.3 is 5.73 Å². The zero-order valence-electron chi connectivity index (χ0n) is 12.0. The molecule has 1 aromatic rings. The largest absolute Gasteiger partial charge is 0.326 e. The molecule has 1 fully saturated rings. The van der Waals surface area contributed by atoms with Gasteiger partial charge in [-0.05, 0) is 36.6 Å². The maximum Gasteiger partial charge on any atom is 0.243 e. The third-order valence-electron chi connectivity index (χ3n) is 3.69. The highest BCUT2D eigenvalue weighted by Gasteiger charge is 2.31. The first-order valence-electron chi connectivity index (χ1n) is 6.92. The maximum absolute atomic E-state index is 12.7. The summed E-state index contributed by atoms with van der Waals surface area (Å²) in [6.45, 7) is 4.97. The quantitative estimate of drug-likeness (QED) is 0.921. The lowest BCUT2D eigenvalue weighted by atomic mass is 10.1. The minimum atomic E-state index is -3.40. The van der Waals surface area contributed by atoms with Crippen LogP contribution in [0.3, 0.4) is 0 Å². The maximum atomic E-state index is 12.7. The Balaban J connectivity index is 2.38. The number of hydrogen-bond acceptors (Lipinski definition) is 4. The highest BCUT2D eigenvalue weighted by atomic mass is 32.2. The molecular formula is C14H22N2O2S2. The molecule has 112 valence electrons. The van der Waals surface area contributed by atoms with Crippen molar-refractivity contribution in [1.29, 1.82) is 0 Å². The van der Waals surface area contributed by atoms with Crippen LogP contribution in [-0.2, 0) is 23.0 Å². The molecule has 0 aromatic heterocycles. The molecular weight excluding hydrogens is 292 g/mol. The molecule has 4 nitrogen and oxygen atoms in total. The van der Waals surface area contributed by atoms with E-state index in [2.05, 4.69) is 0 Å². The van der Waals surface area contributed by atoms with Crippen molar-refractivity contribution in [1.82, 2.24) is 4.31 Å². The zero-order chi connectivity index (χ0) is 14.8. The Kier molecular flexibility index (Phi) is 5.12. The number of aryl methyl sites for hydroxylation is 1. The molecule has 1 aliphatic heterocycles. The fourth-order valence-corrected chi connectivity index (χ4v) is 5.41. The van der Waals surface area contributed by atoms with Gasteiger partial charge in [-0.15, -0.1) is 0 Å².